The number of nitrogens with one attached hydrogen (secondary N) is 1. The number of nitrogens with zero attached hydrogens (tertiary/aromatic N) is 1. The lowest BCUT2D eigenvalue weighted by Crippen LogP contribution is -2.26. The zero-order valence-corrected chi connectivity index (χ0v) is 21.2. The Morgan fingerprint density at radius 1 is 1.15 bits per heavy atom. The highest BCUT2D eigenvalue weighted by Crippen LogP contribution is 2.32. The summed E-state index contributed by atoms with van der Waals surface area (Å²) in [6.07, 6.45) is 0.917. The first-order chi connectivity index (χ1) is 15.6. The number of ether oxygens (including phenoxy) is 2. The first kappa shape index (κ1) is 25.0. The molecule has 0 radical (unpaired) electrons. The van der Waals surface area contributed by atoms with Crippen molar-refractivity contribution in [1.29, 1.82) is 0 Å². The van der Waals surface area contributed by atoms with Gasteiger partial charge in [0, 0.05) is 24.9 Å². The van der Waals surface area contributed by atoms with E-state index in [4.69, 9.17) is 9.47 Å². The summed E-state index contributed by atoms with van der Waals surface area (Å²) in [7, 11) is -0.678. The van der Waals surface area contributed by atoms with Crippen LogP contribution in [0.4, 0.5) is 5.69 Å². The van der Waals surface area contributed by atoms with E-state index in [1.54, 1.807) is 44.4 Å². The number of methoxy groups -OCH3 is 1. The third-order valence-electron chi connectivity index (χ3n) is 5.17. The van der Waals surface area contributed by atoms with Gasteiger partial charge in [0.1, 0.15) is 5.75 Å². The van der Waals surface area contributed by atoms with Crippen molar-refractivity contribution in [3.05, 3.63) is 52.9 Å². The van der Waals surface area contributed by atoms with Gasteiger partial charge in [-0.2, -0.15) is 0 Å². The highest BCUT2D eigenvalue weighted by Gasteiger charge is 2.23. The Morgan fingerprint density at radius 3 is 2.58 bits per heavy atom. The Kier molecular flexibility index (Phi) is 7.99. The second-order valence-electron chi connectivity index (χ2n) is 7.97. The molecule has 1 amide bonds. The van der Waals surface area contributed by atoms with Crippen molar-refractivity contribution >= 4 is 43.0 Å². The molecule has 33 heavy (non-hydrogen) atoms. The number of thiophene rings is 1. The molecule has 3 aromatic rings. The van der Waals surface area contributed by atoms with Crippen LogP contribution in [0.25, 0.3) is 10.1 Å². The Bertz CT molecular complexity index is 1230. The van der Waals surface area contributed by atoms with E-state index in [1.165, 1.54) is 28.8 Å². The molecule has 0 saturated heterocycles. The van der Waals surface area contributed by atoms with Gasteiger partial charge in [0.25, 0.3) is 15.9 Å². The van der Waals surface area contributed by atoms with E-state index >= 15 is 0 Å². The van der Waals surface area contributed by atoms with Gasteiger partial charge in [-0.1, -0.05) is 0 Å². The molecule has 3 rings (SSSR count). The maximum Gasteiger partial charge on any atom is 0.264 e. The summed E-state index contributed by atoms with van der Waals surface area (Å²) < 4.78 is 39.2. The molecular weight excluding hydrogens is 460 g/mol. The molecule has 178 valence electrons. The van der Waals surface area contributed by atoms with Crippen molar-refractivity contribution < 1.29 is 22.7 Å². The van der Waals surface area contributed by atoms with E-state index in [-0.39, 0.29) is 16.9 Å². The first-order valence-electron chi connectivity index (χ1n) is 10.7. The molecule has 0 fully saturated rings. The quantitative estimate of drug-likeness (QED) is 0.420. The number of hydrogen-bond donors (Lipinski definition) is 1. The Morgan fingerprint density at radius 2 is 1.91 bits per heavy atom. The van der Waals surface area contributed by atoms with E-state index in [9.17, 15) is 13.2 Å². The molecule has 1 N–H and O–H groups in total. The highest BCUT2D eigenvalue weighted by atomic mass is 32.2. The van der Waals surface area contributed by atoms with Crippen LogP contribution in [0.1, 0.15) is 35.5 Å². The molecule has 1 heterocycles. The predicted octanol–water partition coefficient (Wildman–Crippen LogP) is 4.59. The molecule has 0 saturated carbocycles. The number of carbonyl (C=O) groups is 1. The van der Waals surface area contributed by atoms with Crippen LogP contribution in [0.2, 0.25) is 0 Å². The van der Waals surface area contributed by atoms with Crippen molar-refractivity contribution in [2.45, 2.75) is 38.2 Å². The van der Waals surface area contributed by atoms with Crippen LogP contribution in [0.5, 0.6) is 5.75 Å². The summed E-state index contributed by atoms with van der Waals surface area (Å²) in [6.45, 7) is 6.89. The Hall–Kier alpha value is -2.62. The summed E-state index contributed by atoms with van der Waals surface area (Å²) in [5, 5.41) is 3.72. The van der Waals surface area contributed by atoms with Crippen molar-refractivity contribution in [2.75, 3.05) is 31.6 Å². The molecular formula is C24H30N2O5S2. The molecule has 0 spiro atoms. The summed E-state index contributed by atoms with van der Waals surface area (Å²) in [5.74, 6) is 0.492. The standard InChI is InChI=1S/C24H30N2O5S2/c1-16(2)31-12-6-11-25-24(27)23-15-18-14-19(7-10-22(18)32-23)26(4)33(28,29)20-8-9-21(30-5)17(3)13-20/h7-10,13-16H,6,11-12H2,1-5H3,(H,25,27). The largest absolute Gasteiger partial charge is 0.496 e. The molecule has 0 atom stereocenters. The molecule has 1 aromatic heterocycles. The first-order valence-corrected chi connectivity index (χ1v) is 13.0. The number of aryl methyl sites for hydroxylation is 1. The van der Waals surface area contributed by atoms with E-state index in [2.05, 4.69) is 5.32 Å². The minimum atomic E-state index is -3.75. The number of fused-ring (bicyclic) bond motifs is 1. The number of amides is 1. The fraction of sp³-hybridized carbons (Fsp3) is 0.375. The van der Waals surface area contributed by atoms with Crippen LogP contribution >= 0.6 is 11.3 Å². The van der Waals surface area contributed by atoms with E-state index in [0.717, 1.165) is 22.1 Å². The number of carbonyl (C=O) groups excluding carboxylic acids is 1. The maximum atomic E-state index is 13.2. The maximum absolute atomic E-state index is 13.2. The minimum Gasteiger partial charge on any atom is -0.496 e. The third-order valence-corrected chi connectivity index (χ3v) is 8.07. The van der Waals surface area contributed by atoms with E-state index in [1.807, 2.05) is 19.9 Å². The Labute approximate surface area is 199 Å². The van der Waals surface area contributed by atoms with Gasteiger partial charge >= 0.3 is 0 Å². The summed E-state index contributed by atoms with van der Waals surface area (Å²) in [5.41, 5.74) is 1.26. The fourth-order valence-electron chi connectivity index (χ4n) is 3.33. The molecule has 9 heteroatoms. The monoisotopic (exact) mass is 490 g/mol. The van der Waals surface area contributed by atoms with Crippen LogP contribution in [0.3, 0.4) is 0 Å². The smallest absolute Gasteiger partial charge is 0.264 e. The van der Waals surface area contributed by atoms with E-state index < -0.39 is 10.0 Å². The van der Waals surface area contributed by atoms with Crippen molar-refractivity contribution in [3.8, 4) is 5.75 Å². The lowest BCUT2D eigenvalue weighted by atomic mass is 10.2. The number of benzene rings is 2. The van der Waals surface area contributed by atoms with Crippen molar-refractivity contribution in [1.82, 2.24) is 5.32 Å². The minimum absolute atomic E-state index is 0.142. The molecule has 0 aliphatic rings. The van der Waals surface area contributed by atoms with Crippen LogP contribution in [0, 0.1) is 6.92 Å². The SMILES string of the molecule is COc1ccc(S(=O)(=O)N(C)c2ccc3sc(C(=O)NCCCOC(C)C)cc3c2)cc1C. The summed E-state index contributed by atoms with van der Waals surface area (Å²) >= 11 is 1.38. The van der Waals surface area contributed by atoms with Crippen LogP contribution in [-0.2, 0) is 14.8 Å². The second kappa shape index (κ2) is 10.5. The fourth-order valence-corrected chi connectivity index (χ4v) is 5.56. The molecule has 2 aromatic carbocycles. The highest BCUT2D eigenvalue weighted by molar-refractivity contribution is 7.92. The molecule has 0 bridgehead atoms. The number of sulfonamides is 1. The third kappa shape index (κ3) is 5.85. The summed E-state index contributed by atoms with van der Waals surface area (Å²) in [6, 6.07) is 12.0. The van der Waals surface area contributed by atoms with E-state index in [0.29, 0.717) is 29.5 Å². The van der Waals surface area contributed by atoms with Gasteiger partial charge in [-0.25, -0.2) is 8.42 Å². The van der Waals surface area contributed by atoms with Gasteiger partial charge in [-0.15, -0.1) is 11.3 Å². The topological polar surface area (TPSA) is 84.9 Å². The normalized spacial score (nSPS) is 11.7. The number of anilines is 1. The summed E-state index contributed by atoms with van der Waals surface area (Å²) in [4.78, 5) is 13.3. The number of hydrogen-bond acceptors (Lipinski definition) is 6. The zero-order valence-electron chi connectivity index (χ0n) is 19.5. The number of rotatable bonds is 10. The van der Waals surface area contributed by atoms with Gasteiger partial charge in [0.15, 0.2) is 0 Å². The average molecular weight is 491 g/mol. The Balaban J connectivity index is 1.75. The zero-order chi connectivity index (χ0) is 24.2. The van der Waals surface area contributed by atoms with Crippen LogP contribution in [-0.4, -0.2) is 47.7 Å². The van der Waals surface area contributed by atoms with Gasteiger partial charge in [-0.3, -0.25) is 9.10 Å². The lowest BCUT2D eigenvalue weighted by molar-refractivity contribution is 0.0757. The van der Waals surface area contributed by atoms with Gasteiger partial charge in [0.2, 0.25) is 0 Å². The predicted molar refractivity (Wildman–Crippen MR) is 133 cm³/mol. The van der Waals surface area contributed by atoms with Crippen LogP contribution in [0.15, 0.2) is 47.4 Å². The van der Waals surface area contributed by atoms with Crippen LogP contribution < -0.4 is 14.4 Å². The van der Waals surface area contributed by atoms with Gasteiger partial charge in [-0.05, 0) is 80.6 Å². The van der Waals surface area contributed by atoms with Gasteiger partial charge in [0.05, 0.1) is 28.7 Å². The molecule has 0 unspecified atom stereocenters. The van der Waals surface area contributed by atoms with Crippen molar-refractivity contribution in [3.63, 3.8) is 0 Å². The van der Waals surface area contributed by atoms with Gasteiger partial charge < -0.3 is 14.8 Å². The second-order valence-corrected chi connectivity index (χ2v) is 11.0. The average Bonchev–Trinajstić information content (AvgIpc) is 3.21. The lowest BCUT2D eigenvalue weighted by Gasteiger charge is -2.20. The van der Waals surface area contributed by atoms with Crippen molar-refractivity contribution in [2.24, 2.45) is 0 Å². The molecule has 0 aliphatic carbocycles. The molecule has 0 aliphatic heterocycles. The molecule has 7 nitrogen and oxygen atoms in total.